The standard InChI is InChI=1S/C21H17BrFN3O6/c1-2-31-17-10-12(7-8-16-18(26(29)30)20(27)25-21(28)24-16)9-14(22)19(17)32-11-13-5-3-4-6-15(13)23/h3-10H,2,11H2,1H3,(H2,24,25,27,28)/b8-7+. The fraction of sp³-hybridized carbons (Fsp3) is 0.143. The smallest absolute Gasteiger partial charge is 0.357 e. The Hall–Kier alpha value is -3.73. The SMILES string of the molecule is CCOc1cc(/C=C/c2[nH]c(=O)[nH]c(=O)c2[N+](=O)[O-])cc(Br)c1OCc1ccccc1F. The summed E-state index contributed by atoms with van der Waals surface area (Å²) in [6, 6.07) is 9.48. The minimum absolute atomic E-state index is 0.0270. The number of hydrogen-bond donors (Lipinski definition) is 2. The third kappa shape index (κ3) is 5.30. The fourth-order valence-corrected chi connectivity index (χ4v) is 3.41. The molecule has 0 radical (unpaired) electrons. The number of halogens is 2. The number of rotatable bonds is 8. The van der Waals surface area contributed by atoms with E-state index in [4.69, 9.17) is 9.47 Å². The van der Waals surface area contributed by atoms with Gasteiger partial charge in [-0.2, -0.15) is 0 Å². The number of hydrogen-bond acceptors (Lipinski definition) is 6. The first-order valence-corrected chi connectivity index (χ1v) is 10.1. The second-order valence-corrected chi connectivity index (χ2v) is 7.26. The minimum atomic E-state index is -1.11. The highest BCUT2D eigenvalue weighted by Gasteiger charge is 2.19. The summed E-state index contributed by atoms with van der Waals surface area (Å²) < 4.78 is 25.8. The maximum atomic E-state index is 13.9. The average Bonchev–Trinajstić information content (AvgIpc) is 2.72. The molecule has 0 bridgehead atoms. The Morgan fingerprint density at radius 3 is 2.59 bits per heavy atom. The van der Waals surface area contributed by atoms with E-state index in [1.165, 1.54) is 18.2 Å². The molecule has 0 aliphatic rings. The zero-order valence-electron chi connectivity index (χ0n) is 16.7. The van der Waals surface area contributed by atoms with E-state index >= 15 is 0 Å². The Balaban J connectivity index is 1.94. The number of ether oxygens (including phenoxy) is 2. The molecule has 1 aromatic heterocycles. The molecule has 3 rings (SSSR count). The molecule has 0 fully saturated rings. The molecule has 2 N–H and O–H groups in total. The lowest BCUT2D eigenvalue weighted by molar-refractivity contribution is -0.386. The lowest BCUT2D eigenvalue weighted by Crippen LogP contribution is -2.25. The number of nitrogens with one attached hydrogen (secondary N) is 2. The van der Waals surface area contributed by atoms with Gasteiger partial charge in [-0.25, -0.2) is 9.18 Å². The maximum absolute atomic E-state index is 13.9. The first-order valence-electron chi connectivity index (χ1n) is 9.31. The van der Waals surface area contributed by atoms with Crippen molar-refractivity contribution >= 4 is 33.8 Å². The highest BCUT2D eigenvalue weighted by molar-refractivity contribution is 9.10. The van der Waals surface area contributed by atoms with Crippen LogP contribution in [0.25, 0.3) is 12.2 Å². The number of benzene rings is 2. The van der Waals surface area contributed by atoms with E-state index in [2.05, 4.69) is 20.9 Å². The Kier molecular flexibility index (Phi) is 7.21. The van der Waals surface area contributed by atoms with Gasteiger partial charge >= 0.3 is 16.9 Å². The second-order valence-electron chi connectivity index (χ2n) is 6.40. The summed E-state index contributed by atoms with van der Waals surface area (Å²) in [7, 11) is 0. The van der Waals surface area contributed by atoms with E-state index in [0.717, 1.165) is 0 Å². The molecule has 0 amide bonds. The molecule has 9 nitrogen and oxygen atoms in total. The molecule has 0 saturated heterocycles. The summed E-state index contributed by atoms with van der Waals surface area (Å²) in [5.74, 6) is 0.309. The van der Waals surface area contributed by atoms with Crippen molar-refractivity contribution in [1.82, 2.24) is 9.97 Å². The van der Waals surface area contributed by atoms with Crippen LogP contribution in [0.3, 0.4) is 0 Å². The predicted octanol–water partition coefficient (Wildman–Crippen LogP) is 4.02. The highest BCUT2D eigenvalue weighted by atomic mass is 79.9. The summed E-state index contributed by atoms with van der Waals surface area (Å²) in [5, 5.41) is 11.2. The topological polar surface area (TPSA) is 127 Å². The van der Waals surface area contributed by atoms with Gasteiger partial charge in [0, 0.05) is 5.56 Å². The molecule has 0 unspecified atom stereocenters. The Morgan fingerprint density at radius 2 is 1.91 bits per heavy atom. The van der Waals surface area contributed by atoms with Gasteiger partial charge in [0.05, 0.1) is 16.0 Å². The zero-order valence-corrected chi connectivity index (χ0v) is 18.3. The Bertz CT molecular complexity index is 1300. The summed E-state index contributed by atoms with van der Waals surface area (Å²) in [6.45, 7) is 2.07. The molecule has 2 aromatic carbocycles. The molecule has 32 heavy (non-hydrogen) atoms. The molecule has 0 aliphatic carbocycles. The summed E-state index contributed by atoms with van der Waals surface area (Å²) >= 11 is 3.39. The van der Waals surface area contributed by atoms with Crippen molar-refractivity contribution in [2.75, 3.05) is 6.61 Å². The van der Waals surface area contributed by atoms with E-state index in [1.54, 1.807) is 37.3 Å². The first-order chi connectivity index (χ1) is 15.3. The monoisotopic (exact) mass is 505 g/mol. The van der Waals surface area contributed by atoms with Gasteiger partial charge in [0.15, 0.2) is 11.5 Å². The molecule has 166 valence electrons. The molecule has 0 spiro atoms. The van der Waals surface area contributed by atoms with Gasteiger partial charge in [-0.15, -0.1) is 0 Å². The van der Waals surface area contributed by atoms with E-state index in [9.17, 15) is 24.1 Å². The van der Waals surface area contributed by atoms with Crippen molar-refractivity contribution < 1.29 is 18.8 Å². The van der Waals surface area contributed by atoms with Crippen molar-refractivity contribution in [1.29, 1.82) is 0 Å². The summed E-state index contributed by atoms with van der Waals surface area (Å²) in [4.78, 5) is 37.6. The molecule has 11 heteroatoms. The number of nitrogens with zero attached hydrogens (tertiary/aromatic N) is 1. The summed E-state index contributed by atoms with van der Waals surface area (Å²) in [5.41, 5.74) is -2.10. The third-order valence-electron chi connectivity index (χ3n) is 4.23. The number of H-pyrrole nitrogens is 2. The van der Waals surface area contributed by atoms with Crippen LogP contribution < -0.4 is 20.7 Å². The fourth-order valence-electron chi connectivity index (χ4n) is 2.83. The van der Waals surface area contributed by atoms with Gasteiger partial charge in [0.2, 0.25) is 0 Å². The van der Waals surface area contributed by atoms with Gasteiger partial charge in [0.25, 0.3) is 0 Å². The molecular formula is C21H17BrFN3O6. The maximum Gasteiger partial charge on any atom is 0.357 e. The van der Waals surface area contributed by atoms with E-state index in [-0.39, 0.29) is 12.3 Å². The normalized spacial score (nSPS) is 11.0. The van der Waals surface area contributed by atoms with Crippen molar-refractivity contribution in [3.63, 3.8) is 0 Å². The molecule has 0 atom stereocenters. The minimum Gasteiger partial charge on any atom is -0.490 e. The van der Waals surface area contributed by atoms with Gasteiger partial charge in [-0.3, -0.25) is 19.9 Å². The van der Waals surface area contributed by atoms with Crippen LogP contribution >= 0.6 is 15.9 Å². The lowest BCUT2D eigenvalue weighted by Gasteiger charge is -2.15. The third-order valence-corrected chi connectivity index (χ3v) is 4.82. The van der Waals surface area contributed by atoms with Gasteiger partial charge in [0.1, 0.15) is 18.1 Å². The van der Waals surface area contributed by atoms with Crippen molar-refractivity contribution in [3.8, 4) is 11.5 Å². The first kappa shape index (κ1) is 22.9. The van der Waals surface area contributed by atoms with Crippen molar-refractivity contribution in [2.24, 2.45) is 0 Å². The van der Waals surface area contributed by atoms with Crippen molar-refractivity contribution in [3.05, 3.63) is 94.5 Å². The molecule has 0 saturated carbocycles. The molecule has 3 aromatic rings. The predicted molar refractivity (Wildman–Crippen MR) is 119 cm³/mol. The highest BCUT2D eigenvalue weighted by Crippen LogP contribution is 2.38. The number of aromatic nitrogens is 2. The van der Waals surface area contributed by atoms with Crippen LogP contribution in [0.15, 0.2) is 50.5 Å². The van der Waals surface area contributed by atoms with Crippen LogP contribution in [-0.4, -0.2) is 21.5 Å². The van der Waals surface area contributed by atoms with Crippen LogP contribution in [-0.2, 0) is 6.61 Å². The lowest BCUT2D eigenvalue weighted by atomic mass is 10.1. The van der Waals surface area contributed by atoms with Crippen LogP contribution in [0, 0.1) is 15.9 Å². The Morgan fingerprint density at radius 1 is 1.16 bits per heavy atom. The molecule has 0 aliphatic heterocycles. The quantitative estimate of drug-likeness (QED) is 0.351. The number of aromatic amines is 2. The van der Waals surface area contributed by atoms with Crippen LogP contribution in [0.4, 0.5) is 10.1 Å². The van der Waals surface area contributed by atoms with Crippen LogP contribution in [0.2, 0.25) is 0 Å². The second kappa shape index (κ2) is 10.1. The van der Waals surface area contributed by atoms with E-state index in [0.29, 0.717) is 33.7 Å². The average molecular weight is 506 g/mol. The number of nitro groups is 1. The van der Waals surface area contributed by atoms with Gasteiger partial charge in [-0.05, 0) is 52.7 Å². The van der Waals surface area contributed by atoms with E-state index < -0.39 is 27.7 Å². The van der Waals surface area contributed by atoms with Crippen LogP contribution in [0.1, 0.15) is 23.7 Å². The summed E-state index contributed by atoms with van der Waals surface area (Å²) in [6.07, 6.45) is 2.71. The Labute approximate surface area is 188 Å². The van der Waals surface area contributed by atoms with Gasteiger partial charge < -0.3 is 14.5 Å². The van der Waals surface area contributed by atoms with E-state index in [1.807, 2.05) is 4.98 Å². The molecular weight excluding hydrogens is 489 g/mol. The largest absolute Gasteiger partial charge is 0.490 e. The molecule has 1 heterocycles. The van der Waals surface area contributed by atoms with Crippen molar-refractivity contribution in [2.45, 2.75) is 13.5 Å². The van der Waals surface area contributed by atoms with Gasteiger partial charge in [-0.1, -0.05) is 24.3 Å². The van der Waals surface area contributed by atoms with Crippen LogP contribution in [0.5, 0.6) is 11.5 Å². The zero-order chi connectivity index (χ0) is 23.3.